The molecule has 0 aliphatic carbocycles. The Bertz CT molecular complexity index is 482. The minimum Gasteiger partial charge on any atom is -0.489 e. The minimum absolute atomic E-state index is 0.237. The van der Waals surface area contributed by atoms with E-state index < -0.39 is 5.97 Å². The number of carbonyl (C=O) groups is 1. The first-order chi connectivity index (χ1) is 9.24. The SMILES string of the molecule is O=C(O)c1ccc2c(c1)NC(C1CCOCC1)CO2. The average molecular weight is 263 g/mol. The number of ether oxygens (including phenoxy) is 2. The number of aromatic carboxylic acids is 1. The summed E-state index contributed by atoms with van der Waals surface area (Å²) in [5, 5.41) is 12.4. The van der Waals surface area contributed by atoms with Gasteiger partial charge in [0, 0.05) is 13.2 Å². The summed E-state index contributed by atoms with van der Waals surface area (Å²) in [7, 11) is 0. The van der Waals surface area contributed by atoms with Crippen molar-refractivity contribution in [2.45, 2.75) is 18.9 Å². The van der Waals surface area contributed by atoms with Gasteiger partial charge in [-0.2, -0.15) is 0 Å². The quantitative estimate of drug-likeness (QED) is 0.854. The van der Waals surface area contributed by atoms with Crippen LogP contribution in [-0.4, -0.2) is 36.9 Å². The van der Waals surface area contributed by atoms with Crippen molar-refractivity contribution in [3.8, 4) is 5.75 Å². The Morgan fingerprint density at radius 2 is 2.11 bits per heavy atom. The molecule has 0 bridgehead atoms. The molecule has 2 N–H and O–H groups in total. The lowest BCUT2D eigenvalue weighted by atomic mass is 9.91. The van der Waals surface area contributed by atoms with Crippen LogP contribution in [0, 0.1) is 5.92 Å². The summed E-state index contributed by atoms with van der Waals surface area (Å²) in [5.41, 5.74) is 1.06. The summed E-state index contributed by atoms with van der Waals surface area (Å²) in [4.78, 5) is 11.0. The van der Waals surface area contributed by atoms with Gasteiger partial charge in [0.2, 0.25) is 0 Å². The Labute approximate surface area is 111 Å². The summed E-state index contributed by atoms with van der Waals surface area (Å²) < 4.78 is 11.1. The number of fused-ring (bicyclic) bond motifs is 1. The highest BCUT2D eigenvalue weighted by Crippen LogP contribution is 2.33. The number of hydrogen-bond acceptors (Lipinski definition) is 4. The smallest absolute Gasteiger partial charge is 0.335 e. The summed E-state index contributed by atoms with van der Waals surface area (Å²) in [6, 6.07) is 5.16. The fraction of sp³-hybridized carbons (Fsp3) is 0.500. The van der Waals surface area contributed by atoms with Crippen LogP contribution in [-0.2, 0) is 4.74 Å². The average Bonchev–Trinajstić information content (AvgIpc) is 2.47. The fourth-order valence-electron chi connectivity index (χ4n) is 2.69. The maximum absolute atomic E-state index is 11.0. The predicted molar refractivity (Wildman–Crippen MR) is 69.9 cm³/mol. The Balaban J connectivity index is 1.77. The Hall–Kier alpha value is -1.75. The molecule has 5 heteroatoms. The van der Waals surface area contributed by atoms with Gasteiger partial charge in [0.05, 0.1) is 17.3 Å². The van der Waals surface area contributed by atoms with Crippen LogP contribution >= 0.6 is 0 Å². The molecule has 0 spiro atoms. The van der Waals surface area contributed by atoms with Crippen molar-refractivity contribution in [3.05, 3.63) is 23.8 Å². The number of hydrogen-bond donors (Lipinski definition) is 2. The van der Waals surface area contributed by atoms with Crippen LogP contribution in [0.5, 0.6) is 5.75 Å². The number of rotatable bonds is 2. The third-order valence-corrected chi connectivity index (χ3v) is 3.82. The van der Waals surface area contributed by atoms with Gasteiger partial charge in [-0.15, -0.1) is 0 Å². The maximum Gasteiger partial charge on any atom is 0.335 e. The second-order valence-corrected chi connectivity index (χ2v) is 5.03. The summed E-state index contributed by atoms with van der Waals surface area (Å²) in [6.45, 7) is 2.22. The molecular formula is C14H17NO4. The fourth-order valence-corrected chi connectivity index (χ4v) is 2.69. The van der Waals surface area contributed by atoms with Gasteiger partial charge in [-0.25, -0.2) is 4.79 Å². The zero-order valence-electron chi connectivity index (χ0n) is 10.6. The van der Waals surface area contributed by atoms with Crippen LogP contribution in [0.1, 0.15) is 23.2 Å². The minimum atomic E-state index is -0.919. The van der Waals surface area contributed by atoms with Gasteiger partial charge < -0.3 is 19.9 Å². The van der Waals surface area contributed by atoms with Gasteiger partial charge in [0.1, 0.15) is 12.4 Å². The number of carboxylic acid groups (broad SMARTS) is 1. The third-order valence-electron chi connectivity index (χ3n) is 3.82. The molecule has 1 saturated heterocycles. The Morgan fingerprint density at radius 3 is 2.84 bits per heavy atom. The van der Waals surface area contributed by atoms with E-state index >= 15 is 0 Å². The summed E-state index contributed by atoms with van der Waals surface area (Å²) in [5.74, 6) is 0.335. The van der Waals surface area contributed by atoms with Gasteiger partial charge in [-0.05, 0) is 37.0 Å². The lowest BCUT2D eigenvalue weighted by Crippen LogP contribution is -2.40. The van der Waals surface area contributed by atoms with Gasteiger partial charge in [-0.3, -0.25) is 0 Å². The number of anilines is 1. The van der Waals surface area contributed by atoms with E-state index in [1.165, 1.54) is 0 Å². The second kappa shape index (κ2) is 5.09. The molecule has 19 heavy (non-hydrogen) atoms. The maximum atomic E-state index is 11.0. The molecule has 0 saturated carbocycles. The van der Waals surface area contributed by atoms with E-state index in [4.69, 9.17) is 14.6 Å². The Kier molecular flexibility index (Phi) is 3.29. The lowest BCUT2D eigenvalue weighted by molar-refractivity contribution is 0.0536. The van der Waals surface area contributed by atoms with E-state index in [-0.39, 0.29) is 11.6 Å². The highest BCUT2D eigenvalue weighted by atomic mass is 16.5. The lowest BCUT2D eigenvalue weighted by Gasteiger charge is -2.35. The number of carboxylic acids is 1. The van der Waals surface area contributed by atoms with Crippen LogP contribution in [0.2, 0.25) is 0 Å². The van der Waals surface area contributed by atoms with Crippen molar-refractivity contribution in [3.63, 3.8) is 0 Å². The molecule has 1 aromatic carbocycles. The van der Waals surface area contributed by atoms with E-state index in [1.807, 2.05) is 0 Å². The molecule has 102 valence electrons. The molecule has 1 unspecified atom stereocenters. The molecule has 0 radical (unpaired) electrons. The Morgan fingerprint density at radius 1 is 1.32 bits per heavy atom. The zero-order valence-corrected chi connectivity index (χ0v) is 10.6. The van der Waals surface area contributed by atoms with Crippen molar-refractivity contribution in [2.24, 2.45) is 5.92 Å². The van der Waals surface area contributed by atoms with Crippen molar-refractivity contribution in [1.29, 1.82) is 0 Å². The second-order valence-electron chi connectivity index (χ2n) is 5.03. The summed E-state index contributed by atoms with van der Waals surface area (Å²) >= 11 is 0. The molecule has 1 fully saturated rings. The standard InChI is InChI=1S/C14H17NO4/c16-14(17)10-1-2-13-11(7-10)15-12(8-19-13)9-3-5-18-6-4-9/h1-2,7,9,12,15H,3-6,8H2,(H,16,17). The highest BCUT2D eigenvalue weighted by Gasteiger charge is 2.28. The van der Waals surface area contributed by atoms with Crippen molar-refractivity contribution in [1.82, 2.24) is 0 Å². The predicted octanol–water partition coefficient (Wildman–Crippen LogP) is 1.98. The summed E-state index contributed by atoms with van der Waals surface area (Å²) in [6.07, 6.45) is 2.05. The molecular weight excluding hydrogens is 246 g/mol. The van der Waals surface area contributed by atoms with E-state index in [0.29, 0.717) is 12.5 Å². The van der Waals surface area contributed by atoms with Crippen LogP contribution in [0.3, 0.4) is 0 Å². The van der Waals surface area contributed by atoms with Gasteiger partial charge in [0.25, 0.3) is 0 Å². The molecule has 1 atom stereocenters. The van der Waals surface area contributed by atoms with Crippen molar-refractivity contribution >= 4 is 11.7 Å². The molecule has 0 aromatic heterocycles. The van der Waals surface area contributed by atoms with Crippen LogP contribution in [0.4, 0.5) is 5.69 Å². The largest absolute Gasteiger partial charge is 0.489 e. The first-order valence-electron chi connectivity index (χ1n) is 6.58. The molecule has 2 heterocycles. The number of benzene rings is 1. The van der Waals surface area contributed by atoms with Crippen molar-refractivity contribution < 1.29 is 19.4 Å². The van der Waals surface area contributed by atoms with Gasteiger partial charge >= 0.3 is 5.97 Å². The van der Waals surface area contributed by atoms with Gasteiger partial charge in [-0.1, -0.05) is 0 Å². The molecule has 1 aromatic rings. The first kappa shape index (κ1) is 12.3. The van der Waals surface area contributed by atoms with Crippen LogP contribution in [0.25, 0.3) is 0 Å². The van der Waals surface area contributed by atoms with Crippen LogP contribution < -0.4 is 10.1 Å². The van der Waals surface area contributed by atoms with Crippen LogP contribution in [0.15, 0.2) is 18.2 Å². The third kappa shape index (κ3) is 2.51. The zero-order chi connectivity index (χ0) is 13.2. The van der Waals surface area contributed by atoms with E-state index in [0.717, 1.165) is 37.5 Å². The molecule has 3 rings (SSSR count). The van der Waals surface area contributed by atoms with E-state index in [9.17, 15) is 4.79 Å². The molecule has 0 amide bonds. The highest BCUT2D eigenvalue weighted by molar-refractivity contribution is 5.89. The molecule has 5 nitrogen and oxygen atoms in total. The first-order valence-corrected chi connectivity index (χ1v) is 6.58. The number of nitrogens with one attached hydrogen (secondary N) is 1. The molecule has 2 aliphatic heterocycles. The molecule has 2 aliphatic rings. The monoisotopic (exact) mass is 263 g/mol. The normalized spacial score (nSPS) is 23.1. The van der Waals surface area contributed by atoms with E-state index in [1.54, 1.807) is 18.2 Å². The topological polar surface area (TPSA) is 67.8 Å². The van der Waals surface area contributed by atoms with E-state index in [2.05, 4.69) is 5.32 Å². The van der Waals surface area contributed by atoms with Crippen molar-refractivity contribution in [2.75, 3.05) is 25.1 Å². The van der Waals surface area contributed by atoms with Gasteiger partial charge in [0.15, 0.2) is 0 Å².